The van der Waals surface area contributed by atoms with Crippen LogP contribution in [0.25, 0.3) is 0 Å². The molecule has 2 rings (SSSR count). The fourth-order valence-corrected chi connectivity index (χ4v) is 2.33. The maximum Gasteiger partial charge on any atom is 0.313 e. The van der Waals surface area contributed by atoms with Gasteiger partial charge in [-0.05, 0) is 50.1 Å². The number of carbonyl (C=O) groups excluding carboxylic acids is 1. The van der Waals surface area contributed by atoms with Crippen LogP contribution in [0.1, 0.15) is 32.8 Å². The first-order valence-electron chi connectivity index (χ1n) is 8.31. The largest absolute Gasteiger partial charge is 0.481 e. The molecule has 0 aliphatic rings. The number of benzene rings is 2. The highest BCUT2D eigenvalue weighted by Gasteiger charge is 2.29. The van der Waals surface area contributed by atoms with Gasteiger partial charge in [-0.1, -0.05) is 31.2 Å². The lowest BCUT2D eigenvalue weighted by Gasteiger charge is -2.20. The summed E-state index contributed by atoms with van der Waals surface area (Å²) in [5, 5.41) is 12.0. The molecule has 0 aliphatic carbocycles. The maximum atomic E-state index is 13.7. The van der Waals surface area contributed by atoms with E-state index in [9.17, 15) is 19.1 Å². The minimum Gasteiger partial charge on any atom is -0.481 e. The smallest absolute Gasteiger partial charge is 0.313 e. The van der Waals surface area contributed by atoms with Gasteiger partial charge in [0, 0.05) is 5.69 Å². The Hall–Kier alpha value is -2.89. The summed E-state index contributed by atoms with van der Waals surface area (Å²) in [5.74, 6) is -1.84. The fourth-order valence-electron chi connectivity index (χ4n) is 2.33. The molecule has 2 N–H and O–H groups in total. The summed E-state index contributed by atoms with van der Waals surface area (Å²) in [6.45, 7) is 4.99. The van der Waals surface area contributed by atoms with Crippen molar-refractivity contribution >= 4 is 17.6 Å². The molecule has 0 aliphatic heterocycles. The van der Waals surface area contributed by atoms with E-state index in [0.717, 1.165) is 0 Å². The van der Waals surface area contributed by atoms with E-state index >= 15 is 0 Å². The van der Waals surface area contributed by atoms with Gasteiger partial charge < -0.3 is 15.2 Å². The van der Waals surface area contributed by atoms with Crippen LogP contribution in [0.4, 0.5) is 10.1 Å². The summed E-state index contributed by atoms with van der Waals surface area (Å²) in [4.78, 5) is 23.7. The number of hydrogen-bond donors (Lipinski definition) is 2. The van der Waals surface area contributed by atoms with Gasteiger partial charge in [-0.15, -0.1) is 0 Å². The second kappa shape index (κ2) is 7.99. The Bertz CT molecular complexity index is 787. The number of carboxylic acid groups (broad SMARTS) is 1. The third-order valence-corrected chi connectivity index (χ3v) is 4.18. The van der Waals surface area contributed by atoms with Gasteiger partial charge in [0.15, 0.2) is 17.7 Å². The van der Waals surface area contributed by atoms with Gasteiger partial charge in [0.05, 0.1) is 5.41 Å². The van der Waals surface area contributed by atoms with Crippen molar-refractivity contribution in [1.82, 2.24) is 0 Å². The van der Waals surface area contributed by atoms with E-state index < -0.39 is 29.2 Å². The maximum absolute atomic E-state index is 13.7. The van der Waals surface area contributed by atoms with Crippen molar-refractivity contribution in [2.45, 2.75) is 38.7 Å². The number of anilines is 1. The molecule has 0 bridgehead atoms. The number of amides is 1. The number of halogens is 1. The zero-order valence-electron chi connectivity index (χ0n) is 15.0. The zero-order valence-corrected chi connectivity index (χ0v) is 15.0. The van der Waals surface area contributed by atoms with Gasteiger partial charge >= 0.3 is 5.97 Å². The summed E-state index contributed by atoms with van der Waals surface area (Å²) in [6.07, 6.45) is -0.480. The van der Waals surface area contributed by atoms with Crippen LogP contribution in [0.5, 0.6) is 5.75 Å². The van der Waals surface area contributed by atoms with Crippen LogP contribution >= 0.6 is 0 Å². The van der Waals surface area contributed by atoms with Gasteiger partial charge in [-0.25, -0.2) is 4.39 Å². The second-order valence-electron chi connectivity index (χ2n) is 6.44. The quantitative estimate of drug-likeness (QED) is 0.784. The molecule has 0 radical (unpaired) electrons. The Labute approximate surface area is 151 Å². The first-order valence-corrected chi connectivity index (χ1v) is 8.31. The first-order chi connectivity index (χ1) is 12.3. The lowest BCUT2D eigenvalue weighted by molar-refractivity contribution is -0.142. The Morgan fingerprint density at radius 3 is 2.31 bits per heavy atom. The van der Waals surface area contributed by atoms with E-state index in [1.165, 1.54) is 12.1 Å². The van der Waals surface area contributed by atoms with Gasteiger partial charge in [0.25, 0.3) is 5.91 Å². The SMILES string of the molecule is CCC(Oc1ccccc1F)C(=O)Nc1ccc(C(C)(C)C(=O)O)cc1. The Kier molecular flexibility index (Phi) is 5.97. The van der Waals surface area contributed by atoms with Crippen LogP contribution in [0, 0.1) is 5.82 Å². The molecule has 0 saturated carbocycles. The summed E-state index contributed by atoms with van der Waals surface area (Å²) < 4.78 is 19.2. The van der Waals surface area contributed by atoms with Crippen LogP contribution in [-0.2, 0) is 15.0 Å². The van der Waals surface area contributed by atoms with Crippen LogP contribution < -0.4 is 10.1 Å². The fraction of sp³-hybridized carbons (Fsp3) is 0.300. The molecule has 2 aromatic carbocycles. The summed E-state index contributed by atoms with van der Waals surface area (Å²) >= 11 is 0. The topological polar surface area (TPSA) is 75.6 Å². The monoisotopic (exact) mass is 359 g/mol. The third kappa shape index (κ3) is 4.39. The molecule has 1 amide bonds. The predicted octanol–water partition coefficient (Wildman–Crippen LogP) is 3.98. The highest BCUT2D eigenvalue weighted by molar-refractivity contribution is 5.94. The minimum atomic E-state index is -1.03. The zero-order chi connectivity index (χ0) is 19.3. The number of nitrogens with one attached hydrogen (secondary N) is 1. The van der Waals surface area contributed by atoms with Crippen molar-refractivity contribution in [3.8, 4) is 5.75 Å². The number of carbonyl (C=O) groups is 2. The van der Waals surface area contributed by atoms with Crippen molar-refractivity contribution in [2.24, 2.45) is 0 Å². The normalized spacial score (nSPS) is 12.3. The van der Waals surface area contributed by atoms with Crippen molar-refractivity contribution in [3.05, 3.63) is 59.9 Å². The molecule has 2 aromatic rings. The molecule has 1 atom stereocenters. The van der Waals surface area contributed by atoms with Gasteiger partial charge in [0.1, 0.15) is 0 Å². The Morgan fingerprint density at radius 2 is 1.77 bits per heavy atom. The molecular formula is C20H22FNO4. The number of ether oxygens (including phenoxy) is 1. The standard InChI is InChI=1S/C20H22FNO4/c1-4-16(26-17-8-6-5-7-15(17)21)18(23)22-14-11-9-13(10-12-14)20(2,3)19(24)25/h5-12,16H,4H2,1-3H3,(H,22,23)(H,24,25). The molecule has 5 nitrogen and oxygen atoms in total. The molecule has 6 heteroatoms. The number of carboxylic acids is 1. The average Bonchev–Trinajstić information content (AvgIpc) is 2.61. The molecule has 0 saturated heterocycles. The van der Waals surface area contributed by atoms with Crippen molar-refractivity contribution < 1.29 is 23.8 Å². The summed E-state index contributed by atoms with van der Waals surface area (Å²) in [5.41, 5.74) is 0.107. The Balaban J connectivity index is 2.08. The van der Waals surface area contributed by atoms with Crippen molar-refractivity contribution in [3.63, 3.8) is 0 Å². The molecule has 0 heterocycles. The van der Waals surface area contributed by atoms with E-state index in [1.807, 2.05) is 0 Å². The molecule has 1 unspecified atom stereocenters. The van der Waals surface area contributed by atoms with Gasteiger partial charge in [-0.2, -0.15) is 0 Å². The summed E-state index contributed by atoms with van der Waals surface area (Å²) in [7, 11) is 0. The summed E-state index contributed by atoms with van der Waals surface area (Å²) in [6, 6.07) is 12.5. The Morgan fingerprint density at radius 1 is 1.15 bits per heavy atom. The van der Waals surface area contributed by atoms with E-state index in [0.29, 0.717) is 17.7 Å². The molecule has 0 spiro atoms. The number of aliphatic carboxylic acids is 1. The molecule has 138 valence electrons. The number of hydrogen-bond acceptors (Lipinski definition) is 3. The van der Waals surface area contributed by atoms with E-state index in [2.05, 4.69) is 5.32 Å². The third-order valence-electron chi connectivity index (χ3n) is 4.18. The van der Waals surface area contributed by atoms with Crippen molar-refractivity contribution in [1.29, 1.82) is 0 Å². The minimum absolute atomic E-state index is 0.0213. The van der Waals surface area contributed by atoms with Crippen LogP contribution in [0.2, 0.25) is 0 Å². The van der Waals surface area contributed by atoms with E-state index in [-0.39, 0.29) is 5.75 Å². The van der Waals surface area contributed by atoms with Crippen LogP contribution in [0.15, 0.2) is 48.5 Å². The molecule has 0 fully saturated rings. The number of rotatable bonds is 7. The first kappa shape index (κ1) is 19.4. The molecule has 0 aromatic heterocycles. The highest BCUT2D eigenvalue weighted by atomic mass is 19.1. The second-order valence-corrected chi connectivity index (χ2v) is 6.44. The van der Waals surface area contributed by atoms with Gasteiger partial charge in [-0.3, -0.25) is 9.59 Å². The average molecular weight is 359 g/mol. The van der Waals surface area contributed by atoms with Crippen LogP contribution in [-0.4, -0.2) is 23.1 Å². The van der Waals surface area contributed by atoms with E-state index in [4.69, 9.17) is 4.74 Å². The van der Waals surface area contributed by atoms with Crippen LogP contribution in [0.3, 0.4) is 0 Å². The van der Waals surface area contributed by atoms with E-state index in [1.54, 1.807) is 57.2 Å². The lowest BCUT2D eigenvalue weighted by Crippen LogP contribution is -2.32. The van der Waals surface area contributed by atoms with Crippen molar-refractivity contribution in [2.75, 3.05) is 5.32 Å². The van der Waals surface area contributed by atoms with Gasteiger partial charge in [0.2, 0.25) is 0 Å². The highest BCUT2D eigenvalue weighted by Crippen LogP contribution is 2.25. The predicted molar refractivity (Wildman–Crippen MR) is 96.8 cm³/mol. The molecule has 26 heavy (non-hydrogen) atoms. The molecular weight excluding hydrogens is 337 g/mol. The lowest BCUT2D eigenvalue weighted by atomic mass is 9.85. The number of para-hydroxylation sites is 1.